The first-order chi connectivity index (χ1) is 15.1. The number of amides is 2. The predicted octanol–water partition coefficient (Wildman–Crippen LogP) is 2.98. The SMILES string of the molecule is CC(C)[C@H](C(=O)NN(c1ccccc1)S(C)(=O)=O)[C@H](CC=Cc1ccccc1)C(=O)NO. The molecule has 172 valence electrons. The first kappa shape index (κ1) is 25.1. The van der Waals surface area contributed by atoms with Crippen LogP contribution in [0.5, 0.6) is 0 Å². The summed E-state index contributed by atoms with van der Waals surface area (Å²) >= 11 is 0. The second kappa shape index (κ2) is 11.4. The van der Waals surface area contributed by atoms with Crippen molar-refractivity contribution >= 4 is 33.6 Å². The molecule has 0 spiro atoms. The highest BCUT2D eigenvalue weighted by atomic mass is 32.2. The van der Waals surface area contributed by atoms with Gasteiger partial charge in [0.2, 0.25) is 21.8 Å². The van der Waals surface area contributed by atoms with E-state index in [1.165, 1.54) is 0 Å². The van der Waals surface area contributed by atoms with E-state index >= 15 is 0 Å². The van der Waals surface area contributed by atoms with E-state index in [9.17, 15) is 23.2 Å². The fourth-order valence-electron chi connectivity index (χ4n) is 3.44. The molecule has 32 heavy (non-hydrogen) atoms. The Morgan fingerprint density at radius 3 is 2.06 bits per heavy atom. The molecule has 2 atom stereocenters. The van der Waals surface area contributed by atoms with Gasteiger partial charge in [0, 0.05) is 0 Å². The molecular formula is C23H29N3O5S. The second-order valence-corrected chi connectivity index (χ2v) is 9.57. The van der Waals surface area contributed by atoms with Gasteiger partial charge in [-0.3, -0.25) is 20.2 Å². The van der Waals surface area contributed by atoms with Crippen LogP contribution < -0.4 is 15.3 Å². The third-order valence-corrected chi connectivity index (χ3v) is 5.90. The van der Waals surface area contributed by atoms with E-state index in [1.54, 1.807) is 55.7 Å². The molecule has 2 aromatic rings. The molecule has 0 saturated carbocycles. The van der Waals surface area contributed by atoms with E-state index in [4.69, 9.17) is 0 Å². The minimum atomic E-state index is -3.84. The van der Waals surface area contributed by atoms with Gasteiger partial charge in [0.15, 0.2) is 0 Å². The molecule has 8 nitrogen and oxygen atoms in total. The molecular weight excluding hydrogens is 430 g/mol. The summed E-state index contributed by atoms with van der Waals surface area (Å²) in [4.78, 5) is 25.7. The van der Waals surface area contributed by atoms with Gasteiger partial charge in [0.1, 0.15) is 0 Å². The largest absolute Gasteiger partial charge is 0.289 e. The quantitative estimate of drug-likeness (QED) is 0.373. The molecule has 0 unspecified atom stereocenters. The van der Waals surface area contributed by atoms with E-state index in [0.717, 1.165) is 16.2 Å². The number of para-hydroxylation sites is 1. The van der Waals surface area contributed by atoms with Crippen LogP contribution in [0.4, 0.5) is 5.69 Å². The summed E-state index contributed by atoms with van der Waals surface area (Å²) in [5.41, 5.74) is 5.26. The molecule has 3 N–H and O–H groups in total. The second-order valence-electron chi connectivity index (χ2n) is 7.74. The van der Waals surface area contributed by atoms with Gasteiger partial charge in [-0.2, -0.15) is 4.41 Å². The Bertz CT molecular complexity index is 1020. The molecule has 0 aliphatic rings. The first-order valence-electron chi connectivity index (χ1n) is 10.2. The molecule has 2 rings (SSSR count). The summed E-state index contributed by atoms with van der Waals surface area (Å²) in [5, 5.41) is 9.26. The van der Waals surface area contributed by atoms with Crippen LogP contribution in [0.15, 0.2) is 66.7 Å². The van der Waals surface area contributed by atoms with E-state index in [0.29, 0.717) is 0 Å². The summed E-state index contributed by atoms with van der Waals surface area (Å²) in [6.45, 7) is 3.52. The Balaban J connectivity index is 2.30. The van der Waals surface area contributed by atoms with Crippen LogP contribution in [0, 0.1) is 17.8 Å². The van der Waals surface area contributed by atoms with Gasteiger partial charge in [-0.15, -0.1) is 0 Å². The van der Waals surface area contributed by atoms with Gasteiger partial charge >= 0.3 is 0 Å². The number of hydrogen-bond acceptors (Lipinski definition) is 5. The van der Waals surface area contributed by atoms with Crippen molar-refractivity contribution in [2.24, 2.45) is 17.8 Å². The maximum atomic E-state index is 13.2. The van der Waals surface area contributed by atoms with Crippen LogP contribution in [0.2, 0.25) is 0 Å². The van der Waals surface area contributed by atoms with Gasteiger partial charge < -0.3 is 0 Å². The lowest BCUT2D eigenvalue weighted by molar-refractivity contribution is -0.141. The van der Waals surface area contributed by atoms with Crippen molar-refractivity contribution in [3.63, 3.8) is 0 Å². The lowest BCUT2D eigenvalue weighted by Gasteiger charge is -2.30. The predicted molar refractivity (Wildman–Crippen MR) is 124 cm³/mol. The fraction of sp³-hybridized carbons (Fsp3) is 0.304. The van der Waals surface area contributed by atoms with Crippen LogP contribution in [-0.2, 0) is 19.6 Å². The lowest BCUT2D eigenvalue weighted by atomic mass is 9.80. The van der Waals surface area contributed by atoms with E-state index in [2.05, 4.69) is 5.43 Å². The lowest BCUT2D eigenvalue weighted by Crippen LogP contribution is -2.52. The van der Waals surface area contributed by atoms with E-state index in [1.807, 2.05) is 36.4 Å². The van der Waals surface area contributed by atoms with E-state index < -0.39 is 33.7 Å². The third-order valence-electron chi connectivity index (χ3n) is 4.94. The molecule has 0 fully saturated rings. The molecule has 0 heterocycles. The number of nitrogens with zero attached hydrogens (tertiary/aromatic N) is 1. The van der Waals surface area contributed by atoms with E-state index in [-0.39, 0.29) is 18.0 Å². The van der Waals surface area contributed by atoms with Crippen molar-refractivity contribution in [1.82, 2.24) is 10.9 Å². The zero-order chi connectivity index (χ0) is 23.7. The summed E-state index contributed by atoms with van der Waals surface area (Å²) in [6, 6.07) is 17.6. The van der Waals surface area contributed by atoms with Crippen LogP contribution >= 0.6 is 0 Å². The van der Waals surface area contributed by atoms with Gasteiger partial charge in [0.05, 0.1) is 23.8 Å². The number of carbonyl (C=O) groups excluding carboxylic acids is 2. The first-order valence-corrected chi connectivity index (χ1v) is 12.0. The summed E-state index contributed by atoms with van der Waals surface area (Å²) in [5.74, 6) is -3.51. The Kier molecular flexibility index (Phi) is 8.98. The maximum absolute atomic E-state index is 13.2. The normalized spacial score (nSPS) is 13.5. The van der Waals surface area contributed by atoms with Gasteiger partial charge in [-0.25, -0.2) is 13.9 Å². The van der Waals surface area contributed by atoms with Crippen molar-refractivity contribution in [3.8, 4) is 0 Å². The zero-order valence-corrected chi connectivity index (χ0v) is 19.1. The van der Waals surface area contributed by atoms with Gasteiger partial charge in [0.25, 0.3) is 0 Å². The smallest absolute Gasteiger partial charge is 0.249 e. The highest BCUT2D eigenvalue weighted by Gasteiger charge is 2.37. The number of hydroxylamine groups is 1. The van der Waals surface area contributed by atoms with Crippen molar-refractivity contribution < 1.29 is 23.2 Å². The van der Waals surface area contributed by atoms with Crippen LogP contribution in [0.25, 0.3) is 6.08 Å². The summed E-state index contributed by atoms with van der Waals surface area (Å²) < 4.78 is 25.4. The number of carbonyl (C=O) groups is 2. The molecule has 0 aromatic heterocycles. The van der Waals surface area contributed by atoms with Crippen molar-refractivity contribution in [2.75, 3.05) is 10.7 Å². The molecule has 0 bridgehead atoms. The number of rotatable bonds is 10. The number of allylic oxidation sites excluding steroid dienone is 1. The number of nitrogens with one attached hydrogen (secondary N) is 2. The van der Waals surface area contributed by atoms with Crippen LogP contribution in [0.3, 0.4) is 0 Å². The molecule has 0 aliphatic carbocycles. The average Bonchev–Trinajstić information content (AvgIpc) is 2.76. The molecule has 0 saturated heterocycles. The molecule has 2 amide bonds. The Morgan fingerprint density at radius 1 is 1.00 bits per heavy atom. The zero-order valence-electron chi connectivity index (χ0n) is 18.3. The van der Waals surface area contributed by atoms with Crippen LogP contribution in [-0.4, -0.2) is 31.7 Å². The molecule has 0 aliphatic heterocycles. The number of hydrazine groups is 1. The van der Waals surface area contributed by atoms with Crippen molar-refractivity contribution in [3.05, 3.63) is 72.3 Å². The molecule has 2 aromatic carbocycles. The Hall–Kier alpha value is -3.17. The maximum Gasteiger partial charge on any atom is 0.249 e. The van der Waals surface area contributed by atoms with Gasteiger partial charge in [-0.1, -0.05) is 74.5 Å². The highest BCUT2D eigenvalue weighted by molar-refractivity contribution is 7.92. The number of sulfonamides is 1. The molecule has 9 heteroatoms. The number of hydrogen-bond donors (Lipinski definition) is 3. The third kappa shape index (κ3) is 6.93. The van der Waals surface area contributed by atoms with Crippen molar-refractivity contribution in [2.45, 2.75) is 20.3 Å². The average molecular weight is 460 g/mol. The number of benzene rings is 2. The Labute approximate surface area is 188 Å². The fourth-order valence-corrected chi connectivity index (χ4v) is 4.20. The van der Waals surface area contributed by atoms with Gasteiger partial charge in [-0.05, 0) is 30.0 Å². The van der Waals surface area contributed by atoms with Crippen LogP contribution in [0.1, 0.15) is 25.8 Å². The Morgan fingerprint density at radius 2 is 1.56 bits per heavy atom. The number of anilines is 1. The summed E-state index contributed by atoms with van der Waals surface area (Å²) in [6.07, 6.45) is 4.72. The monoisotopic (exact) mass is 459 g/mol. The standard InChI is InChI=1S/C23H29N3O5S/c1-17(2)21(20(22(27)25-29)16-10-13-18-11-6-4-7-12-18)23(28)24-26(32(3,30)31)19-14-8-5-9-15-19/h4-15,17,20-21,29H,16H2,1-3H3,(H,24,28)(H,25,27)/t20-,21-/m0/s1. The summed E-state index contributed by atoms with van der Waals surface area (Å²) in [7, 11) is -3.84. The van der Waals surface area contributed by atoms with Crippen molar-refractivity contribution in [1.29, 1.82) is 0 Å². The minimum Gasteiger partial charge on any atom is -0.289 e. The minimum absolute atomic E-state index is 0.168. The topological polar surface area (TPSA) is 116 Å². The molecule has 0 radical (unpaired) electrons. The highest BCUT2D eigenvalue weighted by Crippen LogP contribution is 2.27.